The molecule has 8 nitrogen and oxygen atoms in total. The topological polar surface area (TPSA) is 101 Å². The Balaban J connectivity index is 1.19. The van der Waals surface area contributed by atoms with E-state index in [1.807, 2.05) is 35.2 Å². The summed E-state index contributed by atoms with van der Waals surface area (Å²) >= 11 is 3.00. The number of carbonyl (C=O) groups is 2. The molecule has 1 aromatic carbocycles. The van der Waals surface area contributed by atoms with Crippen molar-refractivity contribution in [2.45, 2.75) is 23.8 Å². The number of thioether (sulfide) groups is 1. The molecule has 4 aromatic rings. The number of oxazole rings is 1. The molecule has 5 rings (SSSR count). The van der Waals surface area contributed by atoms with Crippen LogP contribution >= 0.6 is 23.1 Å². The monoisotopic (exact) mass is 531 g/mol. The van der Waals surface area contributed by atoms with Crippen LogP contribution in [0.2, 0.25) is 0 Å². The van der Waals surface area contributed by atoms with Crippen molar-refractivity contribution in [2.75, 3.05) is 24.2 Å². The molecule has 1 saturated heterocycles. The number of rotatable bonds is 8. The molecule has 2 amide bonds. The van der Waals surface area contributed by atoms with Gasteiger partial charge in [-0.05, 0) is 37.1 Å². The predicted octanol–water partition coefficient (Wildman–Crippen LogP) is 5.74. The van der Waals surface area contributed by atoms with Crippen molar-refractivity contribution in [3.8, 4) is 11.3 Å². The third-order valence-corrected chi connectivity index (χ3v) is 8.07. The highest BCUT2D eigenvalue weighted by Crippen LogP contribution is 2.32. The van der Waals surface area contributed by atoms with E-state index in [1.54, 1.807) is 29.9 Å². The average molecular weight is 532 g/mol. The number of aromatic nitrogens is 3. The Labute approximate surface area is 222 Å². The smallest absolute Gasteiger partial charge is 0.275 e. The van der Waals surface area contributed by atoms with E-state index in [1.165, 1.54) is 29.5 Å². The molecule has 1 N–H and O–H groups in total. The summed E-state index contributed by atoms with van der Waals surface area (Å²) in [4.78, 5) is 40.8. The highest BCUT2D eigenvalue weighted by molar-refractivity contribution is 7.99. The van der Waals surface area contributed by atoms with Gasteiger partial charge in [0.05, 0.1) is 16.8 Å². The van der Waals surface area contributed by atoms with Crippen molar-refractivity contribution in [3.05, 3.63) is 89.5 Å². The molecule has 188 valence electrons. The van der Waals surface area contributed by atoms with Gasteiger partial charge in [-0.3, -0.25) is 9.59 Å². The number of anilines is 1. The highest BCUT2D eigenvalue weighted by Gasteiger charge is 2.28. The predicted molar refractivity (Wildman–Crippen MR) is 145 cm³/mol. The molecule has 3 aromatic heterocycles. The molecular formula is C27H25N5O3S2. The molecule has 1 aliphatic rings. The van der Waals surface area contributed by atoms with Gasteiger partial charge in [0.25, 0.3) is 11.8 Å². The van der Waals surface area contributed by atoms with Gasteiger partial charge in [-0.2, -0.15) is 0 Å². The van der Waals surface area contributed by atoms with Crippen LogP contribution in [0.25, 0.3) is 11.3 Å². The molecule has 0 spiro atoms. The molecule has 0 aliphatic carbocycles. The Bertz CT molecular complexity index is 1390. The van der Waals surface area contributed by atoms with E-state index in [-0.39, 0.29) is 17.7 Å². The zero-order valence-corrected chi connectivity index (χ0v) is 21.6. The molecule has 0 saturated carbocycles. The van der Waals surface area contributed by atoms with Gasteiger partial charge in [-0.1, -0.05) is 18.2 Å². The van der Waals surface area contributed by atoms with Gasteiger partial charge < -0.3 is 14.6 Å². The van der Waals surface area contributed by atoms with E-state index in [0.29, 0.717) is 41.5 Å². The molecule has 0 atom stereocenters. The summed E-state index contributed by atoms with van der Waals surface area (Å²) in [6.45, 7) is 5.02. The van der Waals surface area contributed by atoms with E-state index in [9.17, 15) is 9.59 Å². The van der Waals surface area contributed by atoms with Crippen LogP contribution in [0.4, 0.5) is 5.69 Å². The van der Waals surface area contributed by atoms with E-state index < -0.39 is 0 Å². The number of piperidine rings is 1. The van der Waals surface area contributed by atoms with Crippen LogP contribution in [-0.2, 0) is 0 Å². The fraction of sp³-hybridized carbons (Fsp3) is 0.222. The fourth-order valence-corrected chi connectivity index (χ4v) is 5.88. The van der Waals surface area contributed by atoms with Gasteiger partial charge in [-0.25, -0.2) is 15.0 Å². The number of hydrogen-bond acceptors (Lipinski definition) is 8. The van der Waals surface area contributed by atoms with Gasteiger partial charge in [0.15, 0.2) is 12.2 Å². The molecule has 0 bridgehead atoms. The maximum atomic E-state index is 13.2. The second-order valence-electron chi connectivity index (χ2n) is 8.49. The van der Waals surface area contributed by atoms with Gasteiger partial charge in [0.1, 0.15) is 10.7 Å². The molecule has 37 heavy (non-hydrogen) atoms. The van der Waals surface area contributed by atoms with E-state index in [0.717, 1.165) is 28.4 Å². The minimum atomic E-state index is -0.258. The van der Waals surface area contributed by atoms with Crippen LogP contribution in [0.3, 0.4) is 0 Å². The van der Waals surface area contributed by atoms with Gasteiger partial charge in [0, 0.05) is 47.6 Å². The SMILES string of the molecule is C=CCSc1ncccc1C(=O)N1CCC(c2nc(C(=O)Nc3cccc(-c4cnco4)c3)cs2)CC1. The van der Waals surface area contributed by atoms with Crippen molar-refractivity contribution in [1.82, 2.24) is 19.9 Å². The highest BCUT2D eigenvalue weighted by atomic mass is 32.2. The zero-order chi connectivity index (χ0) is 25.6. The van der Waals surface area contributed by atoms with Crippen LogP contribution < -0.4 is 5.32 Å². The number of likely N-dealkylation sites (tertiary alicyclic amines) is 1. The molecule has 1 fully saturated rings. The zero-order valence-electron chi connectivity index (χ0n) is 20.0. The van der Waals surface area contributed by atoms with Crippen molar-refractivity contribution in [2.24, 2.45) is 0 Å². The second-order valence-corrected chi connectivity index (χ2v) is 10.4. The van der Waals surface area contributed by atoms with Gasteiger partial charge >= 0.3 is 0 Å². The second kappa shape index (κ2) is 11.5. The summed E-state index contributed by atoms with van der Waals surface area (Å²) < 4.78 is 5.34. The summed E-state index contributed by atoms with van der Waals surface area (Å²) in [6.07, 6.45) is 8.11. The largest absolute Gasteiger partial charge is 0.444 e. The minimum absolute atomic E-state index is 0.00452. The summed E-state index contributed by atoms with van der Waals surface area (Å²) in [5.41, 5.74) is 2.51. The number of nitrogens with zero attached hydrogens (tertiary/aromatic N) is 4. The van der Waals surface area contributed by atoms with E-state index in [4.69, 9.17) is 4.42 Å². The number of nitrogens with one attached hydrogen (secondary N) is 1. The first-order chi connectivity index (χ1) is 18.1. The van der Waals surface area contributed by atoms with Gasteiger partial charge in [0.2, 0.25) is 0 Å². The van der Waals surface area contributed by atoms with Crippen LogP contribution in [0.1, 0.15) is 44.6 Å². The Morgan fingerprint density at radius 2 is 2.11 bits per heavy atom. The average Bonchev–Trinajstić information content (AvgIpc) is 3.65. The molecule has 4 heterocycles. The number of pyridine rings is 1. The number of carbonyl (C=O) groups excluding carboxylic acids is 2. The molecule has 1 aliphatic heterocycles. The van der Waals surface area contributed by atoms with Crippen molar-refractivity contribution >= 4 is 40.6 Å². The number of hydrogen-bond donors (Lipinski definition) is 1. The number of amides is 2. The summed E-state index contributed by atoms with van der Waals surface area (Å²) in [5, 5.41) is 6.37. The Morgan fingerprint density at radius 1 is 1.24 bits per heavy atom. The molecular weight excluding hydrogens is 506 g/mol. The van der Waals surface area contributed by atoms with Crippen LogP contribution in [-0.4, -0.2) is 50.5 Å². The van der Waals surface area contributed by atoms with Crippen LogP contribution in [0, 0.1) is 0 Å². The molecule has 0 unspecified atom stereocenters. The lowest BCUT2D eigenvalue weighted by Gasteiger charge is -2.31. The normalized spacial score (nSPS) is 13.9. The maximum Gasteiger partial charge on any atom is 0.275 e. The first kappa shape index (κ1) is 24.9. The Morgan fingerprint density at radius 3 is 2.89 bits per heavy atom. The Hall–Kier alpha value is -3.76. The minimum Gasteiger partial charge on any atom is -0.444 e. The lowest BCUT2D eigenvalue weighted by Crippen LogP contribution is -2.38. The van der Waals surface area contributed by atoms with Crippen molar-refractivity contribution in [1.29, 1.82) is 0 Å². The lowest BCUT2D eigenvalue weighted by atomic mass is 9.97. The summed E-state index contributed by atoms with van der Waals surface area (Å²) in [6, 6.07) is 11.0. The summed E-state index contributed by atoms with van der Waals surface area (Å²) in [5.74, 6) is 1.29. The van der Waals surface area contributed by atoms with Crippen molar-refractivity contribution in [3.63, 3.8) is 0 Å². The first-order valence-electron chi connectivity index (χ1n) is 11.9. The Kier molecular flexibility index (Phi) is 7.76. The van der Waals surface area contributed by atoms with Crippen molar-refractivity contribution < 1.29 is 14.0 Å². The first-order valence-corrected chi connectivity index (χ1v) is 13.7. The quantitative estimate of drug-likeness (QED) is 0.228. The van der Waals surface area contributed by atoms with Crippen LogP contribution in [0.15, 0.2) is 82.7 Å². The molecule has 0 radical (unpaired) electrons. The number of thiazole rings is 1. The van der Waals surface area contributed by atoms with E-state index >= 15 is 0 Å². The molecule has 10 heteroatoms. The van der Waals surface area contributed by atoms with Gasteiger partial charge in [-0.15, -0.1) is 29.7 Å². The van der Waals surface area contributed by atoms with E-state index in [2.05, 4.69) is 26.8 Å². The lowest BCUT2D eigenvalue weighted by molar-refractivity contribution is 0.0708. The number of benzene rings is 1. The fourth-order valence-electron chi connectivity index (χ4n) is 4.19. The third kappa shape index (κ3) is 5.81. The third-order valence-electron chi connectivity index (χ3n) is 6.06. The van der Waals surface area contributed by atoms with Crippen LogP contribution in [0.5, 0.6) is 0 Å². The maximum absolute atomic E-state index is 13.2. The summed E-state index contributed by atoms with van der Waals surface area (Å²) in [7, 11) is 0. The standard InChI is InChI=1S/C27H25N5O3S2/c1-2-13-36-26-21(7-4-10-29-26)27(34)32-11-8-18(9-12-32)25-31-22(16-37-25)24(33)30-20-6-3-5-19(14-20)23-15-28-17-35-23/h2-7,10,14-18H,1,8-9,11-13H2,(H,30,33).